The van der Waals surface area contributed by atoms with Gasteiger partial charge in [0, 0.05) is 31.9 Å². The molecule has 3 rings (SSSR count). The van der Waals surface area contributed by atoms with E-state index in [1.54, 1.807) is 13.1 Å². The highest BCUT2D eigenvalue weighted by atomic mass is 32.2. The van der Waals surface area contributed by atoms with E-state index in [4.69, 9.17) is 4.74 Å². The number of hydrogen-bond donors (Lipinski definition) is 1. The predicted octanol–water partition coefficient (Wildman–Crippen LogP) is 2.31. The number of benzene rings is 2. The van der Waals surface area contributed by atoms with Gasteiger partial charge in [0.05, 0.1) is 29.6 Å². The van der Waals surface area contributed by atoms with Crippen LogP contribution in [0.2, 0.25) is 0 Å². The van der Waals surface area contributed by atoms with Crippen molar-refractivity contribution in [2.75, 3.05) is 50.1 Å². The summed E-state index contributed by atoms with van der Waals surface area (Å²) in [6, 6.07) is 9.28. The Labute approximate surface area is 187 Å². The molecular formula is C21H26N4O6S. The third-order valence-electron chi connectivity index (χ3n) is 5.42. The number of aryl methyl sites for hydroxylation is 1. The Kier molecular flexibility index (Phi) is 7.12. The van der Waals surface area contributed by atoms with Crippen LogP contribution in [0.25, 0.3) is 0 Å². The van der Waals surface area contributed by atoms with Gasteiger partial charge in [-0.3, -0.25) is 14.9 Å². The van der Waals surface area contributed by atoms with E-state index in [9.17, 15) is 23.3 Å². The molecule has 0 aromatic heterocycles. The number of nitro groups is 1. The van der Waals surface area contributed by atoms with Gasteiger partial charge in [-0.1, -0.05) is 12.1 Å². The number of carbonyl (C=O) groups excluding carboxylic acids is 1. The number of rotatable bonds is 7. The Hall–Kier alpha value is -3.02. The zero-order chi connectivity index (χ0) is 23.5. The van der Waals surface area contributed by atoms with Gasteiger partial charge in [0.2, 0.25) is 15.9 Å². The number of anilines is 2. The molecule has 11 heteroatoms. The number of nitro benzene ring substituents is 1. The van der Waals surface area contributed by atoms with E-state index in [2.05, 4.69) is 5.32 Å². The molecule has 32 heavy (non-hydrogen) atoms. The van der Waals surface area contributed by atoms with Crippen LogP contribution in [-0.2, 0) is 19.6 Å². The molecule has 0 atom stereocenters. The number of carbonyl (C=O) groups is 1. The van der Waals surface area contributed by atoms with Crippen molar-refractivity contribution in [1.29, 1.82) is 0 Å². The zero-order valence-corrected chi connectivity index (χ0v) is 19.0. The van der Waals surface area contributed by atoms with E-state index in [0.717, 1.165) is 17.2 Å². The molecule has 0 spiro atoms. The summed E-state index contributed by atoms with van der Waals surface area (Å²) in [6.45, 7) is 4.62. The van der Waals surface area contributed by atoms with E-state index in [0.29, 0.717) is 5.69 Å². The molecule has 0 aliphatic carbocycles. The number of morpholine rings is 1. The summed E-state index contributed by atoms with van der Waals surface area (Å²) in [6.07, 6.45) is 0. The van der Waals surface area contributed by atoms with Crippen molar-refractivity contribution < 1.29 is 22.9 Å². The summed E-state index contributed by atoms with van der Waals surface area (Å²) in [4.78, 5) is 24.8. The molecule has 2 aromatic rings. The number of amides is 1. The van der Waals surface area contributed by atoms with Crippen LogP contribution >= 0.6 is 0 Å². The van der Waals surface area contributed by atoms with Gasteiger partial charge in [0.1, 0.15) is 5.69 Å². The summed E-state index contributed by atoms with van der Waals surface area (Å²) < 4.78 is 32.1. The Bertz CT molecular complexity index is 1130. The van der Waals surface area contributed by atoms with Gasteiger partial charge in [-0.05, 0) is 43.2 Å². The van der Waals surface area contributed by atoms with Crippen LogP contribution in [0, 0.1) is 24.0 Å². The molecule has 10 nitrogen and oxygen atoms in total. The predicted molar refractivity (Wildman–Crippen MR) is 120 cm³/mol. The number of ether oxygens (including phenoxy) is 1. The van der Waals surface area contributed by atoms with Gasteiger partial charge in [-0.15, -0.1) is 0 Å². The maximum absolute atomic E-state index is 12.9. The third-order valence-corrected chi connectivity index (χ3v) is 7.32. The molecule has 0 radical (unpaired) electrons. The van der Waals surface area contributed by atoms with Gasteiger partial charge in [-0.2, -0.15) is 4.31 Å². The molecule has 1 aliphatic rings. The van der Waals surface area contributed by atoms with Crippen LogP contribution in [0.5, 0.6) is 0 Å². The lowest BCUT2D eigenvalue weighted by Gasteiger charge is -2.26. The molecule has 1 N–H and O–H groups in total. The fraction of sp³-hybridized carbons (Fsp3) is 0.381. The first-order valence-corrected chi connectivity index (χ1v) is 11.5. The van der Waals surface area contributed by atoms with E-state index in [1.807, 2.05) is 26.0 Å². The van der Waals surface area contributed by atoms with Crippen LogP contribution in [0.1, 0.15) is 11.1 Å². The number of nitrogens with one attached hydrogen (secondary N) is 1. The van der Waals surface area contributed by atoms with Gasteiger partial charge in [-0.25, -0.2) is 8.42 Å². The minimum atomic E-state index is -3.88. The average molecular weight is 463 g/mol. The molecule has 1 saturated heterocycles. The quantitative estimate of drug-likeness (QED) is 0.495. The Morgan fingerprint density at radius 3 is 2.56 bits per heavy atom. The Morgan fingerprint density at radius 1 is 1.22 bits per heavy atom. The highest BCUT2D eigenvalue weighted by Crippen LogP contribution is 2.31. The van der Waals surface area contributed by atoms with E-state index in [-0.39, 0.29) is 55.0 Å². The first-order chi connectivity index (χ1) is 15.1. The summed E-state index contributed by atoms with van der Waals surface area (Å²) in [7, 11) is -2.34. The largest absolute Gasteiger partial charge is 0.379 e. The number of sulfonamides is 1. The normalized spacial score (nSPS) is 14.7. The van der Waals surface area contributed by atoms with Crippen LogP contribution in [0.4, 0.5) is 17.1 Å². The molecule has 1 aliphatic heterocycles. The molecule has 1 amide bonds. The lowest BCUT2D eigenvalue weighted by Crippen LogP contribution is -2.40. The molecule has 0 saturated carbocycles. The number of likely N-dealkylation sites (N-methyl/N-ethyl adjacent to an activating group) is 1. The lowest BCUT2D eigenvalue weighted by molar-refractivity contribution is -0.384. The Balaban J connectivity index is 1.81. The average Bonchev–Trinajstić information content (AvgIpc) is 2.77. The van der Waals surface area contributed by atoms with Crippen LogP contribution in [0.15, 0.2) is 41.3 Å². The molecule has 2 aromatic carbocycles. The maximum atomic E-state index is 12.9. The van der Waals surface area contributed by atoms with Crippen molar-refractivity contribution in [3.63, 3.8) is 0 Å². The topological polar surface area (TPSA) is 122 Å². The van der Waals surface area contributed by atoms with Gasteiger partial charge < -0.3 is 15.0 Å². The van der Waals surface area contributed by atoms with Crippen LogP contribution in [-0.4, -0.2) is 63.4 Å². The SMILES string of the molecule is Cc1cccc(NC(=O)CN(C)c2ccc(S(=O)(=O)N3CCOCC3)cc2[N+](=O)[O-])c1C. The minimum absolute atomic E-state index is 0.145. The molecule has 0 unspecified atom stereocenters. The monoisotopic (exact) mass is 462 g/mol. The summed E-state index contributed by atoms with van der Waals surface area (Å²) in [5.74, 6) is -0.347. The Morgan fingerprint density at radius 2 is 1.91 bits per heavy atom. The first-order valence-electron chi connectivity index (χ1n) is 10.0. The smallest absolute Gasteiger partial charge is 0.293 e. The minimum Gasteiger partial charge on any atom is -0.379 e. The third kappa shape index (κ3) is 5.06. The molecule has 172 valence electrons. The summed E-state index contributed by atoms with van der Waals surface area (Å²) >= 11 is 0. The molecule has 1 heterocycles. The molecule has 0 bridgehead atoms. The van der Waals surface area contributed by atoms with Gasteiger partial charge in [0.25, 0.3) is 5.69 Å². The van der Waals surface area contributed by atoms with Gasteiger partial charge in [0.15, 0.2) is 0 Å². The van der Waals surface area contributed by atoms with E-state index >= 15 is 0 Å². The second-order valence-electron chi connectivity index (χ2n) is 7.58. The fourth-order valence-electron chi connectivity index (χ4n) is 3.45. The van der Waals surface area contributed by atoms with E-state index < -0.39 is 14.9 Å². The van der Waals surface area contributed by atoms with Crippen molar-refractivity contribution >= 4 is 33.0 Å². The highest BCUT2D eigenvalue weighted by Gasteiger charge is 2.29. The standard InChI is InChI=1S/C21H26N4O6S/c1-15-5-4-6-18(16(15)2)22-21(26)14-23(3)19-8-7-17(13-20(19)25(27)28)32(29,30)24-9-11-31-12-10-24/h4-8,13H,9-12,14H2,1-3H3,(H,22,26). The lowest BCUT2D eigenvalue weighted by atomic mass is 10.1. The first kappa shape index (κ1) is 23.6. The highest BCUT2D eigenvalue weighted by molar-refractivity contribution is 7.89. The van der Waals surface area contributed by atoms with Crippen molar-refractivity contribution in [3.8, 4) is 0 Å². The van der Waals surface area contributed by atoms with Crippen molar-refractivity contribution in [2.24, 2.45) is 0 Å². The van der Waals surface area contributed by atoms with Crippen molar-refractivity contribution in [3.05, 3.63) is 57.6 Å². The summed E-state index contributed by atoms with van der Waals surface area (Å²) in [5, 5.41) is 14.5. The second kappa shape index (κ2) is 9.63. The summed E-state index contributed by atoms with van der Waals surface area (Å²) in [5.41, 5.74) is 2.40. The maximum Gasteiger partial charge on any atom is 0.293 e. The number of hydrogen-bond acceptors (Lipinski definition) is 7. The van der Waals surface area contributed by atoms with Gasteiger partial charge >= 0.3 is 0 Å². The second-order valence-corrected chi connectivity index (χ2v) is 9.51. The zero-order valence-electron chi connectivity index (χ0n) is 18.2. The van der Waals surface area contributed by atoms with Crippen LogP contribution in [0.3, 0.4) is 0 Å². The van der Waals surface area contributed by atoms with Crippen molar-refractivity contribution in [2.45, 2.75) is 18.7 Å². The fourth-order valence-corrected chi connectivity index (χ4v) is 4.87. The van der Waals surface area contributed by atoms with Crippen LogP contribution < -0.4 is 10.2 Å². The van der Waals surface area contributed by atoms with Crippen molar-refractivity contribution in [1.82, 2.24) is 4.31 Å². The molecular weight excluding hydrogens is 436 g/mol. The number of nitrogens with zero attached hydrogens (tertiary/aromatic N) is 3. The molecule has 1 fully saturated rings. The van der Waals surface area contributed by atoms with E-state index in [1.165, 1.54) is 21.3 Å².